The highest BCUT2D eigenvalue weighted by molar-refractivity contribution is 5.84. The monoisotopic (exact) mass is 417 g/mol. The second-order valence-electron chi connectivity index (χ2n) is 7.34. The van der Waals surface area contributed by atoms with E-state index >= 15 is 0 Å². The zero-order valence-electron chi connectivity index (χ0n) is 16.9. The van der Waals surface area contributed by atoms with E-state index < -0.39 is 0 Å². The van der Waals surface area contributed by atoms with Crippen molar-refractivity contribution in [3.8, 4) is 22.9 Å². The fourth-order valence-corrected chi connectivity index (χ4v) is 3.64. The maximum Gasteiger partial charge on any atom is 0.257 e. The first kappa shape index (κ1) is 19.2. The molecule has 3 aromatic heterocycles. The fourth-order valence-electron chi connectivity index (χ4n) is 3.64. The second-order valence-corrected chi connectivity index (χ2v) is 7.34. The van der Waals surface area contributed by atoms with Crippen LogP contribution in [0.5, 0.6) is 11.6 Å². The number of nitrogens with zero attached hydrogens (tertiary/aromatic N) is 4. The molecule has 1 N–H and O–H groups in total. The Hall–Kier alpha value is -3.81. The number of hydrogen-bond acceptors (Lipinski definition) is 7. The first-order valence-electron chi connectivity index (χ1n) is 10.0. The maximum absolute atomic E-state index is 14.5. The van der Waals surface area contributed by atoms with Gasteiger partial charge in [0, 0.05) is 47.4 Å². The van der Waals surface area contributed by atoms with E-state index in [2.05, 4.69) is 32.2 Å². The van der Waals surface area contributed by atoms with E-state index in [1.165, 1.54) is 12.4 Å². The van der Waals surface area contributed by atoms with Crippen LogP contribution in [0.25, 0.3) is 22.2 Å². The van der Waals surface area contributed by atoms with Gasteiger partial charge in [0.25, 0.3) is 5.88 Å². The van der Waals surface area contributed by atoms with Gasteiger partial charge in [-0.05, 0) is 24.3 Å². The van der Waals surface area contributed by atoms with E-state index in [1.807, 2.05) is 24.3 Å². The topological polar surface area (TPSA) is 82.1 Å². The Bertz CT molecular complexity index is 1250. The molecule has 1 aliphatic heterocycles. The van der Waals surface area contributed by atoms with Crippen LogP contribution in [0.3, 0.4) is 0 Å². The molecule has 0 radical (unpaired) electrons. The molecular formula is C23H20FN5O2. The molecule has 4 heterocycles. The number of hydrogen-bond donors (Lipinski definition) is 1. The Kier molecular flexibility index (Phi) is 5.03. The normalized spacial score (nSPS) is 13.7. The van der Waals surface area contributed by atoms with E-state index in [1.54, 1.807) is 18.5 Å². The predicted molar refractivity (Wildman–Crippen MR) is 115 cm³/mol. The van der Waals surface area contributed by atoms with Crippen LogP contribution in [-0.4, -0.2) is 39.7 Å². The van der Waals surface area contributed by atoms with E-state index in [-0.39, 0.29) is 11.7 Å². The average molecular weight is 417 g/mol. The van der Waals surface area contributed by atoms with Crippen LogP contribution >= 0.6 is 0 Å². The quantitative estimate of drug-likeness (QED) is 0.521. The molecule has 0 aliphatic carbocycles. The summed E-state index contributed by atoms with van der Waals surface area (Å²) in [7, 11) is 0. The number of ether oxygens (including phenoxy) is 2. The van der Waals surface area contributed by atoms with Gasteiger partial charge in [-0.1, -0.05) is 13.0 Å². The highest BCUT2D eigenvalue weighted by Gasteiger charge is 2.20. The van der Waals surface area contributed by atoms with Crippen molar-refractivity contribution in [1.29, 1.82) is 0 Å². The lowest BCUT2D eigenvalue weighted by Crippen LogP contribution is -2.19. The van der Waals surface area contributed by atoms with Gasteiger partial charge in [-0.25, -0.2) is 19.3 Å². The first-order valence-corrected chi connectivity index (χ1v) is 10.0. The van der Waals surface area contributed by atoms with Gasteiger partial charge in [-0.2, -0.15) is 0 Å². The summed E-state index contributed by atoms with van der Waals surface area (Å²) in [6, 6.07) is 10.7. The number of benzene rings is 1. The van der Waals surface area contributed by atoms with Crippen molar-refractivity contribution in [3.63, 3.8) is 0 Å². The second kappa shape index (κ2) is 8.14. The largest absolute Gasteiger partial charge is 0.484 e. The smallest absolute Gasteiger partial charge is 0.257 e. The lowest BCUT2D eigenvalue weighted by Gasteiger charge is -2.22. The Morgan fingerprint density at radius 2 is 1.94 bits per heavy atom. The number of pyridine rings is 2. The van der Waals surface area contributed by atoms with Gasteiger partial charge in [0.05, 0.1) is 5.69 Å². The minimum atomic E-state index is -0.375. The summed E-state index contributed by atoms with van der Waals surface area (Å²) in [4.78, 5) is 17.0. The lowest BCUT2D eigenvalue weighted by molar-refractivity contribution is 0.162. The number of fused-ring (bicyclic) bond motifs is 2. The summed E-state index contributed by atoms with van der Waals surface area (Å²) in [5.74, 6) is 1.64. The molecule has 0 unspecified atom stereocenters. The first-order chi connectivity index (χ1) is 15.2. The predicted octanol–water partition coefficient (Wildman–Crippen LogP) is 4.21. The number of anilines is 1. The Balaban J connectivity index is 1.36. The minimum Gasteiger partial charge on any atom is -0.484 e. The number of rotatable bonds is 5. The van der Waals surface area contributed by atoms with E-state index in [0.29, 0.717) is 54.0 Å². The number of aromatic nitrogens is 4. The van der Waals surface area contributed by atoms with Gasteiger partial charge >= 0.3 is 0 Å². The SMILES string of the molecule is C[C@H](CNc1cc(-c2cc(F)c3ncccc3c2)ncn1)c1ccnc2c1OCCO2. The molecule has 0 bridgehead atoms. The van der Waals surface area contributed by atoms with E-state index in [4.69, 9.17) is 9.47 Å². The molecule has 1 aromatic carbocycles. The van der Waals surface area contributed by atoms with Gasteiger partial charge < -0.3 is 14.8 Å². The van der Waals surface area contributed by atoms with Gasteiger partial charge in [-0.15, -0.1) is 0 Å². The van der Waals surface area contributed by atoms with E-state index in [9.17, 15) is 4.39 Å². The lowest BCUT2D eigenvalue weighted by atomic mass is 10.0. The third kappa shape index (κ3) is 3.84. The van der Waals surface area contributed by atoms with Crippen LogP contribution in [0, 0.1) is 5.82 Å². The molecule has 156 valence electrons. The molecule has 1 aliphatic rings. The van der Waals surface area contributed by atoms with Crippen LogP contribution in [0.4, 0.5) is 10.2 Å². The molecule has 0 spiro atoms. The maximum atomic E-state index is 14.5. The average Bonchev–Trinajstić information content (AvgIpc) is 2.82. The van der Waals surface area contributed by atoms with Crippen LogP contribution in [0.15, 0.2) is 55.1 Å². The van der Waals surface area contributed by atoms with Crippen molar-refractivity contribution in [2.45, 2.75) is 12.8 Å². The summed E-state index contributed by atoms with van der Waals surface area (Å²) in [5, 5.41) is 4.06. The Morgan fingerprint density at radius 1 is 1.03 bits per heavy atom. The molecule has 0 fully saturated rings. The molecule has 1 atom stereocenters. The Morgan fingerprint density at radius 3 is 2.87 bits per heavy atom. The van der Waals surface area contributed by atoms with Crippen molar-refractivity contribution in [1.82, 2.24) is 19.9 Å². The number of nitrogens with one attached hydrogen (secondary N) is 1. The van der Waals surface area contributed by atoms with Crippen LogP contribution < -0.4 is 14.8 Å². The molecule has 5 rings (SSSR count). The van der Waals surface area contributed by atoms with Crippen molar-refractivity contribution < 1.29 is 13.9 Å². The van der Waals surface area contributed by atoms with Crippen molar-refractivity contribution in [2.75, 3.05) is 25.1 Å². The van der Waals surface area contributed by atoms with Crippen LogP contribution in [0.2, 0.25) is 0 Å². The molecule has 0 amide bonds. The molecule has 0 saturated heterocycles. The standard InChI is InChI=1S/C23H20FN5O2/c1-14(17-4-6-26-23-22(17)30-7-8-31-23)12-27-20-11-19(28-13-29-20)16-9-15-3-2-5-25-21(15)18(24)10-16/h2-6,9-11,13-14H,7-8,12H2,1H3,(H,27,28,29)/t14-/m1/s1. The van der Waals surface area contributed by atoms with Gasteiger partial charge in [0.15, 0.2) is 5.75 Å². The Labute approximate surface area is 178 Å². The molecule has 0 saturated carbocycles. The van der Waals surface area contributed by atoms with Gasteiger partial charge in [0.2, 0.25) is 0 Å². The van der Waals surface area contributed by atoms with Crippen molar-refractivity contribution in [2.24, 2.45) is 0 Å². The third-order valence-corrected chi connectivity index (χ3v) is 5.21. The fraction of sp³-hybridized carbons (Fsp3) is 0.217. The van der Waals surface area contributed by atoms with Crippen molar-refractivity contribution in [3.05, 3.63) is 66.5 Å². The van der Waals surface area contributed by atoms with Crippen LogP contribution in [-0.2, 0) is 0 Å². The van der Waals surface area contributed by atoms with E-state index in [0.717, 1.165) is 10.9 Å². The highest BCUT2D eigenvalue weighted by Crippen LogP contribution is 2.35. The molecule has 7 nitrogen and oxygen atoms in total. The summed E-state index contributed by atoms with van der Waals surface area (Å²) >= 11 is 0. The third-order valence-electron chi connectivity index (χ3n) is 5.21. The highest BCUT2D eigenvalue weighted by atomic mass is 19.1. The molecule has 4 aromatic rings. The summed E-state index contributed by atoms with van der Waals surface area (Å²) < 4.78 is 25.8. The molecule has 8 heteroatoms. The molecular weight excluding hydrogens is 397 g/mol. The van der Waals surface area contributed by atoms with Crippen LogP contribution in [0.1, 0.15) is 18.4 Å². The summed E-state index contributed by atoms with van der Waals surface area (Å²) in [6.07, 6.45) is 4.78. The number of halogens is 1. The van der Waals surface area contributed by atoms with Crippen molar-refractivity contribution >= 4 is 16.7 Å². The van der Waals surface area contributed by atoms with Gasteiger partial charge in [0.1, 0.15) is 36.7 Å². The zero-order chi connectivity index (χ0) is 21.2. The summed E-state index contributed by atoms with van der Waals surface area (Å²) in [5.41, 5.74) is 2.67. The van der Waals surface area contributed by atoms with Gasteiger partial charge in [-0.3, -0.25) is 4.98 Å². The zero-order valence-corrected chi connectivity index (χ0v) is 16.9. The molecule has 31 heavy (non-hydrogen) atoms. The minimum absolute atomic E-state index is 0.126. The summed E-state index contributed by atoms with van der Waals surface area (Å²) in [6.45, 7) is 3.73.